The zero-order chi connectivity index (χ0) is 20.2. The molecular weight excluding hydrogens is 364 g/mol. The van der Waals surface area contributed by atoms with E-state index in [1.807, 2.05) is 11.1 Å². The van der Waals surface area contributed by atoms with E-state index in [-0.39, 0.29) is 0 Å². The van der Waals surface area contributed by atoms with E-state index in [0.717, 1.165) is 22.9 Å². The molecule has 0 fully saturated rings. The van der Waals surface area contributed by atoms with E-state index in [9.17, 15) is 0 Å². The second kappa shape index (κ2) is 7.27. The molecule has 2 aromatic rings. The molecule has 29 heavy (non-hydrogen) atoms. The number of fused-ring (bicyclic) bond motifs is 1. The van der Waals surface area contributed by atoms with Gasteiger partial charge in [-0.2, -0.15) is 0 Å². The van der Waals surface area contributed by atoms with Gasteiger partial charge in [-0.15, -0.1) is 0 Å². The van der Waals surface area contributed by atoms with Gasteiger partial charge in [0.05, 0.1) is 8.07 Å². The molecule has 0 bridgehead atoms. The average molecular weight is 401 g/mol. The van der Waals surface area contributed by atoms with E-state index in [1.54, 1.807) is 11.1 Å². The fourth-order valence-electron chi connectivity index (χ4n) is 7.72. The van der Waals surface area contributed by atoms with Gasteiger partial charge in [-0.25, -0.2) is 0 Å². The molecular formula is C28H36Si. The first-order valence-electron chi connectivity index (χ1n) is 11.9. The van der Waals surface area contributed by atoms with Crippen molar-refractivity contribution in [2.45, 2.75) is 76.5 Å². The summed E-state index contributed by atoms with van der Waals surface area (Å²) in [4.78, 5) is 0. The number of allylic oxidation sites excluding steroid dienone is 2. The second-order valence-electron chi connectivity index (χ2n) is 10.7. The van der Waals surface area contributed by atoms with Gasteiger partial charge in [0, 0.05) is 0 Å². The summed E-state index contributed by atoms with van der Waals surface area (Å²) in [5.41, 5.74) is 11.7. The molecule has 3 aliphatic rings. The molecule has 2 aromatic carbocycles. The van der Waals surface area contributed by atoms with E-state index in [4.69, 9.17) is 0 Å². The summed E-state index contributed by atoms with van der Waals surface area (Å²) in [5, 5.41) is 0. The molecule has 152 valence electrons. The fourth-order valence-corrected chi connectivity index (χ4v) is 13.6. The van der Waals surface area contributed by atoms with Crippen LogP contribution in [0.2, 0.25) is 18.6 Å². The quantitative estimate of drug-likeness (QED) is 0.360. The molecule has 0 N–H and O–H groups in total. The number of benzene rings is 2. The van der Waals surface area contributed by atoms with Gasteiger partial charge in [-0.05, 0) is 83.7 Å². The molecule has 0 nitrogen and oxygen atoms in total. The lowest BCUT2D eigenvalue weighted by Crippen LogP contribution is -2.44. The molecule has 5 rings (SSSR count). The molecule has 0 spiro atoms. The molecule has 0 amide bonds. The number of hydrogen-bond acceptors (Lipinski definition) is 0. The first kappa shape index (κ1) is 19.4. The van der Waals surface area contributed by atoms with Gasteiger partial charge in [-0.3, -0.25) is 0 Å². The topological polar surface area (TPSA) is 0 Å². The van der Waals surface area contributed by atoms with Crippen LogP contribution in [0.25, 0.3) is 11.1 Å². The summed E-state index contributed by atoms with van der Waals surface area (Å²) in [7, 11) is -1.50. The highest BCUT2D eigenvalue weighted by Crippen LogP contribution is 2.58. The van der Waals surface area contributed by atoms with Crippen molar-refractivity contribution < 1.29 is 0 Å². The van der Waals surface area contributed by atoms with Gasteiger partial charge >= 0.3 is 0 Å². The van der Waals surface area contributed by atoms with Crippen molar-refractivity contribution in [1.82, 2.24) is 0 Å². The molecule has 1 heteroatoms. The highest BCUT2D eigenvalue weighted by Gasteiger charge is 2.51. The minimum Gasteiger partial charge on any atom is -0.0707 e. The van der Waals surface area contributed by atoms with Crippen LogP contribution in [0.5, 0.6) is 0 Å². The van der Waals surface area contributed by atoms with Crippen LogP contribution in [0.4, 0.5) is 0 Å². The standard InChI is InChI=1S/C28H36Si/c1-19-17-22-13-8-9-14-24(22)27(19)29(3,4)28-20(2)18-26-23(15-10-16-25(26)28)21-11-6-5-7-12-21/h5-7,10-12,15-16,19-20,27-28H,8-9,13-14,17-18H2,1-4H3. The Morgan fingerprint density at radius 3 is 2.28 bits per heavy atom. The van der Waals surface area contributed by atoms with Crippen molar-refractivity contribution in [3.05, 3.63) is 70.8 Å². The highest BCUT2D eigenvalue weighted by molar-refractivity contribution is 6.81. The van der Waals surface area contributed by atoms with Crippen molar-refractivity contribution >= 4 is 8.07 Å². The Morgan fingerprint density at radius 2 is 1.48 bits per heavy atom. The lowest BCUT2D eigenvalue weighted by Gasteiger charge is -2.42. The predicted octanol–water partition coefficient (Wildman–Crippen LogP) is 8.16. The maximum Gasteiger partial charge on any atom is 0.0630 e. The van der Waals surface area contributed by atoms with E-state index in [2.05, 4.69) is 75.5 Å². The molecule has 0 saturated carbocycles. The maximum absolute atomic E-state index is 2.74. The number of rotatable bonds is 3. The van der Waals surface area contributed by atoms with Crippen molar-refractivity contribution in [3.8, 4) is 11.1 Å². The van der Waals surface area contributed by atoms with E-state index < -0.39 is 8.07 Å². The van der Waals surface area contributed by atoms with Gasteiger partial charge in [0.15, 0.2) is 0 Å². The van der Waals surface area contributed by atoms with Crippen LogP contribution < -0.4 is 0 Å². The van der Waals surface area contributed by atoms with Crippen molar-refractivity contribution in [2.24, 2.45) is 11.8 Å². The van der Waals surface area contributed by atoms with Crippen LogP contribution in [-0.4, -0.2) is 8.07 Å². The van der Waals surface area contributed by atoms with E-state index in [0.29, 0.717) is 0 Å². The minimum absolute atomic E-state index is 0.775. The zero-order valence-corrected chi connectivity index (χ0v) is 19.7. The average Bonchev–Trinajstić information content (AvgIpc) is 3.24. The Bertz CT molecular complexity index is 936. The Morgan fingerprint density at radius 1 is 0.759 bits per heavy atom. The molecule has 0 aromatic heterocycles. The Hall–Kier alpha value is -1.60. The smallest absolute Gasteiger partial charge is 0.0630 e. The zero-order valence-electron chi connectivity index (χ0n) is 18.7. The molecule has 0 heterocycles. The molecule has 0 radical (unpaired) electrons. The lowest BCUT2D eigenvalue weighted by molar-refractivity contribution is 0.548. The maximum atomic E-state index is 2.74. The van der Waals surface area contributed by atoms with Crippen molar-refractivity contribution in [3.63, 3.8) is 0 Å². The van der Waals surface area contributed by atoms with Crippen LogP contribution in [-0.2, 0) is 6.42 Å². The third-order valence-electron chi connectivity index (χ3n) is 8.47. The van der Waals surface area contributed by atoms with E-state index in [1.165, 1.54) is 49.7 Å². The molecule has 4 unspecified atom stereocenters. The monoisotopic (exact) mass is 400 g/mol. The first-order valence-corrected chi connectivity index (χ1v) is 15.0. The number of hydrogen-bond donors (Lipinski definition) is 0. The summed E-state index contributed by atoms with van der Waals surface area (Å²) in [5.74, 6) is 1.64. The Labute approximate surface area is 178 Å². The summed E-state index contributed by atoms with van der Waals surface area (Å²) in [6.45, 7) is 10.6. The SMILES string of the molecule is CC1CC2=C(CCCC2)C1[Si](C)(C)C1c2cccc(-c3ccccc3)c2CC1C. The largest absolute Gasteiger partial charge is 0.0707 e. The molecule has 4 atom stereocenters. The summed E-state index contributed by atoms with van der Waals surface area (Å²) < 4.78 is 0. The molecule has 0 saturated heterocycles. The van der Waals surface area contributed by atoms with E-state index >= 15 is 0 Å². The second-order valence-corrected chi connectivity index (χ2v) is 15.6. The predicted molar refractivity (Wildman–Crippen MR) is 128 cm³/mol. The fraction of sp³-hybridized carbons (Fsp3) is 0.500. The van der Waals surface area contributed by atoms with Crippen LogP contribution in [0.3, 0.4) is 0 Å². The highest BCUT2D eigenvalue weighted by atomic mass is 28.3. The van der Waals surface area contributed by atoms with Crippen LogP contribution >= 0.6 is 0 Å². The summed E-state index contributed by atoms with van der Waals surface area (Å²) >= 11 is 0. The third-order valence-corrected chi connectivity index (χ3v) is 13.5. The van der Waals surface area contributed by atoms with Crippen LogP contribution in [0.15, 0.2) is 59.7 Å². The van der Waals surface area contributed by atoms with Gasteiger partial charge in [0.1, 0.15) is 0 Å². The summed E-state index contributed by atoms with van der Waals surface area (Å²) in [6, 6.07) is 18.2. The van der Waals surface area contributed by atoms with Crippen molar-refractivity contribution in [2.75, 3.05) is 0 Å². The first-order chi connectivity index (χ1) is 14.0. The minimum atomic E-state index is -1.50. The normalized spacial score (nSPS) is 29.1. The van der Waals surface area contributed by atoms with Crippen molar-refractivity contribution in [1.29, 1.82) is 0 Å². The third kappa shape index (κ3) is 3.08. The van der Waals surface area contributed by atoms with Crippen LogP contribution in [0, 0.1) is 11.8 Å². The Kier molecular flexibility index (Phi) is 4.85. The lowest BCUT2D eigenvalue weighted by atomic mass is 9.94. The van der Waals surface area contributed by atoms with Gasteiger partial charge in [0.25, 0.3) is 0 Å². The van der Waals surface area contributed by atoms with Crippen LogP contribution in [0.1, 0.15) is 62.6 Å². The molecule has 3 aliphatic carbocycles. The summed E-state index contributed by atoms with van der Waals surface area (Å²) in [6.07, 6.45) is 8.32. The van der Waals surface area contributed by atoms with Gasteiger partial charge < -0.3 is 0 Å². The van der Waals surface area contributed by atoms with Gasteiger partial charge in [0.2, 0.25) is 0 Å². The molecule has 0 aliphatic heterocycles. The van der Waals surface area contributed by atoms with Gasteiger partial charge in [-0.1, -0.05) is 86.6 Å². The Balaban J connectivity index is 1.57.